The summed E-state index contributed by atoms with van der Waals surface area (Å²) in [4.78, 5) is 5.05. The van der Waals surface area contributed by atoms with Gasteiger partial charge in [-0.2, -0.15) is 13.9 Å². The van der Waals surface area contributed by atoms with E-state index in [0.29, 0.717) is 0 Å². The summed E-state index contributed by atoms with van der Waals surface area (Å²) in [5.41, 5.74) is 2.78. The zero-order valence-corrected chi connectivity index (χ0v) is 10.6. The van der Waals surface area contributed by atoms with E-state index in [2.05, 4.69) is 23.2 Å². The summed E-state index contributed by atoms with van der Waals surface area (Å²) in [6.07, 6.45) is 5.40. The molecule has 0 bridgehead atoms. The highest BCUT2D eigenvalue weighted by atomic mass is 32.3. The van der Waals surface area contributed by atoms with Gasteiger partial charge in [-0.25, -0.2) is 0 Å². The van der Waals surface area contributed by atoms with E-state index < -0.39 is 10.4 Å². The van der Waals surface area contributed by atoms with Crippen LogP contribution < -0.4 is 5.48 Å². The number of unbranched alkanes of at least 4 members (excludes halogenated alkanes) is 2. The highest BCUT2D eigenvalue weighted by Gasteiger charge is 1.94. The zero-order valence-electron chi connectivity index (χ0n) is 9.81. The highest BCUT2D eigenvalue weighted by molar-refractivity contribution is 7.80. The Kier molecular flexibility index (Phi) is 14.1. The second kappa shape index (κ2) is 12.6. The van der Waals surface area contributed by atoms with Gasteiger partial charge in [0.1, 0.15) is 0 Å². The Balaban J connectivity index is 0. The minimum absolute atomic E-state index is 0.728. The molecular weight excluding hydrogens is 234 g/mol. The van der Waals surface area contributed by atoms with Gasteiger partial charge in [0.2, 0.25) is 0 Å². The fourth-order valence-corrected chi connectivity index (χ4v) is 0.614. The van der Waals surface area contributed by atoms with Crippen molar-refractivity contribution in [1.29, 1.82) is 0 Å². The van der Waals surface area contributed by atoms with Gasteiger partial charge in [0.25, 0.3) is 0 Å². The number of hydrogen-bond donors (Lipinski definition) is 2. The fraction of sp³-hybridized carbons (Fsp3) is 0.778. The topological polar surface area (TPSA) is 84.9 Å². The first-order valence-electron chi connectivity index (χ1n) is 4.96. The lowest BCUT2D eigenvalue weighted by Gasteiger charge is -2.01. The Morgan fingerprint density at radius 1 is 1.44 bits per heavy atom. The molecule has 7 heteroatoms. The predicted octanol–water partition coefficient (Wildman–Crippen LogP) is 1.32. The summed E-state index contributed by atoms with van der Waals surface area (Å²) >= 11 is 0. The molecule has 98 valence electrons. The summed E-state index contributed by atoms with van der Waals surface area (Å²) in [5.74, 6) is 0. The van der Waals surface area contributed by atoms with Crippen molar-refractivity contribution in [3.05, 3.63) is 12.7 Å². The van der Waals surface area contributed by atoms with E-state index in [1.54, 1.807) is 6.08 Å². The molecule has 16 heavy (non-hydrogen) atoms. The Morgan fingerprint density at radius 2 is 2.00 bits per heavy atom. The van der Waals surface area contributed by atoms with Gasteiger partial charge < -0.3 is 4.84 Å². The van der Waals surface area contributed by atoms with E-state index >= 15 is 0 Å². The van der Waals surface area contributed by atoms with Crippen molar-refractivity contribution in [1.82, 2.24) is 5.48 Å². The quantitative estimate of drug-likeness (QED) is 0.294. The van der Waals surface area contributed by atoms with Gasteiger partial charge in [-0.15, -0.1) is 6.58 Å². The van der Waals surface area contributed by atoms with Crippen molar-refractivity contribution in [3.63, 3.8) is 0 Å². The normalized spacial score (nSPS) is 10.4. The lowest BCUT2D eigenvalue weighted by molar-refractivity contribution is 0.0460. The van der Waals surface area contributed by atoms with Gasteiger partial charge in [0, 0.05) is 6.54 Å². The third kappa shape index (κ3) is 23.4. The molecule has 0 aliphatic rings. The first kappa shape index (κ1) is 17.9. The third-order valence-corrected chi connectivity index (χ3v) is 1.81. The molecule has 0 aromatic heterocycles. The van der Waals surface area contributed by atoms with Crippen LogP contribution in [0.25, 0.3) is 0 Å². The molecule has 0 atom stereocenters. The Morgan fingerprint density at radius 3 is 2.38 bits per heavy atom. The van der Waals surface area contributed by atoms with Crippen molar-refractivity contribution < 1.29 is 22.0 Å². The highest BCUT2D eigenvalue weighted by Crippen LogP contribution is 1.92. The van der Waals surface area contributed by atoms with E-state index in [1.807, 2.05) is 0 Å². The van der Waals surface area contributed by atoms with E-state index in [0.717, 1.165) is 26.7 Å². The van der Waals surface area contributed by atoms with Gasteiger partial charge in [-0.05, 0) is 6.42 Å². The Bertz CT molecular complexity index is 240. The standard InChI is InChI=1S/C8H17NO.CH4O4S/c1-3-5-6-8-10-9-7-4-2;1-5-6(2,3)4/h4,9H,2-3,5-8H2,1H3;1H3,(H,2,3,4). The maximum Gasteiger partial charge on any atom is 0.397 e. The predicted molar refractivity (Wildman–Crippen MR) is 62.2 cm³/mol. The van der Waals surface area contributed by atoms with Crippen LogP contribution in [0.1, 0.15) is 26.2 Å². The van der Waals surface area contributed by atoms with Crippen LogP contribution in [0.4, 0.5) is 0 Å². The fourth-order valence-electron chi connectivity index (χ4n) is 0.614. The smallest absolute Gasteiger partial charge is 0.302 e. The molecule has 6 nitrogen and oxygen atoms in total. The Hall–Kier alpha value is -0.470. The maximum atomic E-state index is 9.33. The molecule has 0 saturated heterocycles. The number of rotatable bonds is 8. The van der Waals surface area contributed by atoms with Crippen LogP contribution in [-0.4, -0.2) is 33.2 Å². The van der Waals surface area contributed by atoms with E-state index in [9.17, 15) is 8.42 Å². The van der Waals surface area contributed by atoms with Gasteiger partial charge in [-0.1, -0.05) is 25.8 Å². The molecule has 0 radical (unpaired) electrons. The molecule has 0 unspecified atom stereocenters. The summed E-state index contributed by atoms with van der Waals surface area (Å²) in [6.45, 7) is 7.27. The zero-order chi connectivity index (χ0) is 12.9. The molecular formula is C9H21NO5S. The first-order chi connectivity index (χ1) is 7.47. The number of hydroxylamine groups is 1. The summed E-state index contributed by atoms with van der Waals surface area (Å²) < 4.78 is 29.7. The summed E-state index contributed by atoms with van der Waals surface area (Å²) in [7, 11) is -3.29. The second-order valence-corrected chi connectivity index (χ2v) is 3.98. The van der Waals surface area contributed by atoms with Gasteiger partial charge in [-0.3, -0.25) is 8.74 Å². The minimum Gasteiger partial charge on any atom is -0.302 e. The molecule has 0 amide bonds. The van der Waals surface area contributed by atoms with Crippen LogP contribution in [0, 0.1) is 0 Å². The molecule has 0 heterocycles. The lowest BCUT2D eigenvalue weighted by atomic mass is 10.3. The van der Waals surface area contributed by atoms with Crippen molar-refractivity contribution in [2.24, 2.45) is 0 Å². The van der Waals surface area contributed by atoms with Crippen molar-refractivity contribution >= 4 is 10.4 Å². The van der Waals surface area contributed by atoms with Crippen LogP contribution in [0.5, 0.6) is 0 Å². The molecule has 0 aliphatic carbocycles. The van der Waals surface area contributed by atoms with E-state index in [1.165, 1.54) is 12.8 Å². The minimum atomic E-state index is -4.16. The third-order valence-electron chi connectivity index (χ3n) is 1.39. The molecule has 0 fully saturated rings. The van der Waals surface area contributed by atoms with E-state index in [4.69, 9.17) is 9.39 Å². The van der Waals surface area contributed by atoms with Crippen molar-refractivity contribution in [2.75, 3.05) is 20.3 Å². The van der Waals surface area contributed by atoms with Crippen LogP contribution in [0.2, 0.25) is 0 Å². The van der Waals surface area contributed by atoms with Crippen LogP contribution in [0.3, 0.4) is 0 Å². The van der Waals surface area contributed by atoms with Crippen LogP contribution in [-0.2, 0) is 19.4 Å². The summed E-state index contributed by atoms with van der Waals surface area (Å²) in [5, 5.41) is 0. The Labute approximate surface area is 97.5 Å². The summed E-state index contributed by atoms with van der Waals surface area (Å²) in [6, 6.07) is 0. The van der Waals surface area contributed by atoms with Crippen molar-refractivity contribution in [3.8, 4) is 0 Å². The second-order valence-electron chi connectivity index (χ2n) is 2.79. The van der Waals surface area contributed by atoms with Gasteiger partial charge in [0.15, 0.2) is 0 Å². The molecule has 2 N–H and O–H groups in total. The molecule has 0 rings (SSSR count). The monoisotopic (exact) mass is 255 g/mol. The van der Waals surface area contributed by atoms with Gasteiger partial charge >= 0.3 is 10.4 Å². The molecule has 0 aromatic carbocycles. The van der Waals surface area contributed by atoms with Gasteiger partial charge in [0.05, 0.1) is 13.7 Å². The van der Waals surface area contributed by atoms with Crippen LogP contribution in [0.15, 0.2) is 12.7 Å². The number of hydrogen-bond acceptors (Lipinski definition) is 5. The lowest BCUT2D eigenvalue weighted by Crippen LogP contribution is -2.14. The van der Waals surface area contributed by atoms with E-state index in [-0.39, 0.29) is 0 Å². The molecule has 0 aliphatic heterocycles. The van der Waals surface area contributed by atoms with Crippen LogP contribution >= 0.6 is 0 Å². The first-order valence-corrected chi connectivity index (χ1v) is 6.33. The SMILES string of the molecule is C=CCNOCCCCC.COS(=O)(=O)O. The van der Waals surface area contributed by atoms with Crippen molar-refractivity contribution in [2.45, 2.75) is 26.2 Å². The molecule has 0 saturated carbocycles. The number of nitrogens with one attached hydrogen (secondary N) is 1. The maximum absolute atomic E-state index is 9.33. The average molecular weight is 255 g/mol. The average Bonchev–Trinajstić information content (AvgIpc) is 2.23. The molecule has 0 spiro atoms. The molecule has 0 aromatic rings. The largest absolute Gasteiger partial charge is 0.397 e.